The summed E-state index contributed by atoms with van der Waals surface area (Å²) in [6, 6.07) is 7.09. The van der Waals surface area contributed by atoms with Crippen LogP contribution in [0.15, 0.2) is 29.2 Å². The zero-order chi connectivity index (χ0) is 16.7. The molecule has 0 bridgehead atoms. The average molecular weight is 346 g/mol. The second kappa shape index (κ2) is 8.94. The lowest BCUT2D eigenvalue weighted by Gasteiger charge is -2.36. The Morgan fingerprint density at radius 3 is 2.52 bits per heavy atom. The molecule has 1 aromatic rings. The summed E-state index contributed by atoms with van der Waals surface area (Å²) in [4.78, 5) is 2.68. The van der Waals surface area contributed by atoms with Gasteiger partial charge >= 0.3 is 5.51 Å². The largest absolute Gasteiger partial charge is 0.446 e. The quantitative estimate of drug-likeness (QED) is 0.563. The molecular formula is C17H25F3N2S. The van der Waals surface area contributed by atoms with Gasteiger partial charge in [0.15, 0.2) is 0 Å². The molecule has 0 amide bonds. The van der Waals surface area contributed by atoms with Crippen LogP contribution >= 0.6 is 11.8 Å². The number of rotatable bonds is 7. The van der Waals surface area contributed by atoms with Crippen LogP contribution in [0.2, 0.25) is 0 Å². The van der Waals surface area contributed by atoms with E-state index in [0.29, 0.717) is 4.90 Å². The van der Waals surface area contributed by atoms with Crippen LogP contribution in [0, 0.1) is 0 Å². The summed E-state index contributed by atoms with van der Waals surface area (Å²) >= 11 is 0.0166. The van der Waals surface area contributed by atoms with Crippen molar-refractivity contribution < 1.29 is 13.2 Å². The van der Waals surface area contributed by atoms with E-state index in [1.54, 1.807) is 12.1 Å². The van der Waals surface area contributed by atoms with Gasteiger partial charge in [-0.05, 0) is 29.8 Å². The fraction of sp³-hybridized carbons (Fsp3) is 0.647. The van der Waals surface area contributed by atoms with Crippen molar-refractivity contribution in [2.45, 2.75) is 49.1 Å². The maximum atomic E-state index is 12.9. The standard InChI is InChI=1S/C17H25F3N2S/c1-2-3-4-8-15(22-12-10-21-11-13-22)14-7-5-6-9-16(14)23-17(18,19)20/h5-7,9,15,21H,2-4,8,10-13H2,1H3/t15-/m1/s1. The third-order valence-corrected chi connectivity index (χ3v) is 5.00. The smallest absolute Gasteiger partial charge is 0.314 e. The van der Waals surface area contributed by atoms with Crippen molar-refractivity contribution in [3.05, 3.63) is 29.8 Å². The van der Waals surface area contributed by atoms with E-state index >= 15 is 0 Å². The third-order valence-electron chi connectivity index (χ3n) is 4.18. The Morgan fingerprint density at radius 1 is 1.17 bits per heavy atom. The minimum atomic E-state index is -4.24. The number of nitrogens with one attached hydrogen (secondary N) is 1. The number of hydrogen-bond acceptors (Lipinski definition) is 3. The monoisotopic (exact) mass is 346 g/mol. The number of thioether (sulfide) groups is 1. The normalized spacial score (nSPS) is 18.1. The summed E-state index contributed by atoms with van der Waals surface area (Å²) < 4.78 is 38.6. The lowest BCUT2D eigenvalue weighted by atomic mass is 9.98. The van der Waals surface area contributed by atoms with Gasteiger partial charge in [-0.15, -0.1) is 0 Å². The summed E-state index contributed by atoms with van der Waals surface area (Å²) in [7, 11) is 0. The Morgan fingerprint density at radius 2 is 1.87 bits per heavy atom. The molecule has 0 saturated carbocycles. The highest BCUT2D eigenvalue weighted by Crippen LogP contribution is 2.42. The molecule has 1 aliphatic rings. The topological polar surface area (TPSA) is 15.3 Å². The Balaban J connectivity index is 2.22. The molecule has 1 heterocycles. The van der Waals surface area contributed by atoms with Gasteiger partial charge in [0, 0.05) is 37.1 Å². The van der Waals surface area contributed by atoms with Crippen molar-refractivity contribution >= 4 is 11.8 Å². The number of benzene rings is 1. The first-order valence-corrected chi connectivity index (χ1v) is 9.12. The van der Waals surface area contributed by atoms with Gasteiger partial charge in [-0.2, -0.15) is 13.2 Å². The van der Waals surface area contributed by atoms with Crippen molar-refractivity contribution in [2.24, 2.45) is 0 Å². The highest BCUT2D eigenvalue weighted by Gasteiger charge is 2.32. The molecule has 0 spiro atoms. The number of alkyl halides is 3. The average Bonchev–Trinajstić information content (AvgIpc) is 2.52. The highest BCUT2D eigenvalue weighted by atomic mass is 32.2. The van der Waals surface area contributed by atoms with Crippen LogP contribution in [0.5, 0.6) is 0 Å². The second-order valence-electron chi connectivity index (χ2n) is 5.88. The van der Waals surface area contributed by atoms with Gasteiger partial charge in [-0.1, -0.05) is 44.4 Å². The van der Waals surface area contributed by atoms with Gasteiger partial charge in [0.1, 0.15) is 0 Å². The summed E-state index contributed by atoms with van der Waals surface area (Å²) in [5, 5.41) is 3.31. The predicted molar refractivity (Wildman–Crippen MR) is 89.7 cm³/mol. The number of unbranched alkanes of at least 4 members (excludes halogenated alkanes) is 2. The van der Waals surface area contributed by atoms with Crippen molar-refractivity contribution in [3.63, 3.8) is 0 Å². The molecule has 0 radical (unpaired) electrons. The molecule has 130 valence electrons. The molecule has 1 saturated heterocycles. The zero-order valence-electron chi connectivity index (χ0n) is 13.5. The zero-order valence-corrected chi connectivity index (χ0v) is 14.3. The number of hydrogen-bond donors (Lipinski definition) is 1. The fourth-order valence-corrected chi connectivity index (χ4v) is 3.81. The maximum Gasteiger partial charge on any atom is 0.446 e. The van der Waals surface area contributed by atoms with Crippen molar-refractivity contribution in [1.82, 2.24) is 10.2 Å². The second-order valence-corrected chi connectivity index (χ2v) is 6.99. The van der Waals surface area contributed by atoms with Crippen molar-refractivity contribution in [2.75, 3.05) is 26.2 Å². The molecule has 1 fully saturated rings. The molecule has 2 nitrogen and oxygen atoms in total. The molecule has 0 unspecified atom stereocenters. The Kier molecular flexibility index (Phi) is 7.24. The van der Waals surface area contributed by atoms with E-state index in [9.17, 15) is 13.2 Å². The van der Waals surface area contributed by atoms with Gasteiger partial charge in [0.05, 0.1) is 0 Å². The third kappa shape index (κ3) is 6.01. The van der Waals surface area contributed by atoms with Crippen LogP contribution in [0.1, 0.15) is 44.2 Å². The van der Waals surface area contributed by atoms with E-state index < -0.39 is 5.51 Å². The summed E-state index contributed by atoms with van der Waals surface area (Å²) in [6.45, 7) is 5.73. The summed E-state index contributed by atoms with van der Waals surface area (Å²) in [5.74, 6) is 0. The molecule has 1 aromatic carbocycles. The Labute approximate surface area is 140 Å². The first kappa shape index (κ1) is 18.6. The molecule has 23 heavy (non-hydrogen) atoms. The number of halogens is 3. The maximum absolute atomic E-state index is 12.9. The van der Waals surface area contributed by atoms with Gasteiger partial charge in [-0.25, -0.2) is 0 Å². The first-order chi connectivity index (χ1) is 11.0. The van der Waals surface area contributed by atoms with Crippen LogP contribution in [-0.4, -0.2) is 36.6 Å². The number of nitrogens with zero attached hydrogens (tertiary/aromatic N) is 1. The highest BCUT2D eigenvalue weighted by molar-refractivity contribution is 8.00. The van der Waals surface area contributed by atoms with Gasteiger partial charge < -0.3 is 5.32 Å². The molecule has 0 aliphatic carbocycles. The van der Waals surface area contributed by atoms with E-state index in [4.69, 9.17) is 0 Å². The molecule has 0 aromatic heterocycles. The minimum Gasteiger partial charge on any atom is -0.314 e. The summed E-state index contributed by atoms with van der Waals surface area (Å²) in [6.07, 6.45) is 4.21. The minimum absolute atomic E-state index is 0.0166. The predicted octanol–water partition coefficient (Wildman–Crippen LogP) is 4.83. The van der Waals surface area contributed by atoms with Crippen molar-refractivity contribution in [1.29, 1.82) is 0 Å². The van der Waals surface area contributed by atoms with Gasteiger partial charge in [-0.3, -0.25) is 4.90 Å². The van der Waals surface area contributed by atoms with Gasteiger partial charge in [0.2, 0.25) is 0 Å². The molecular weight excluding hydrogens is 321 g/mol. The van der Waals surface area contributed by atoms with Crippen LogP contribution < -0.4 is 5.32 Å². The molecule has 2 rings (SSSR count). The van der Waals surface area contributed by atoms with Crippen LogP contribution in [0.25, 0.3) is 0 Å². The lowest BCUT2D eigenvalue weighted by Crippen LogP contribution is -2.45. The molecule has 6 heteroatoms. The molecule has 1 aliphatic heterocycles. The van der Waals surface area contributed by atoms with Crippen LogP contribution in [0.4, 0.5) is 13.2 Å². The SMILES string of the molecule is CCCCC[C@H](c1ccccc1SC(F)(F)F)N1CCNCC1. The van der Waals surface area contributed by atoms with Crippen molar-refractivity contribution in [3.8, 4) is 0 Å². The van der Waals surface area contributed by atoms with Crippen LogP contribution in [0.3, 0.4) is 0 Å². The number of piperazine rings is 1. The Hall–Kier alpha value is -0.720. The van der Waals surface area contributed by atoms with E-state index in [-0.39, 0.29) is 17.8 Å². The fourth-order valence-electron chi connectivity index (χ4n) is 3.09. The summed E-state index contributed by atoms with van der Waals surface area (Å²) in [5.41, 5.74) is -3.42. The van der Waals surface area contributed by atoms with E-state index in [2.05, 4.69) is 17.1 Å². The van der Waals surface area contributed by atoms with Crippen LogP contribution in [-0.2, 0) is 0 Å². The Bertz CT molecular complexity index is 473. The first-order valence-electron chi connectivity index (χ1n) is 8.30. The van der Waals surface area contributed by atoms with Gasteiger partial charge in [0.25, 0.3) is 0 Å². The van der Waals surface area contributed by atoms with E-state index in [1.165, 1.54) is 0 Å². The molecule has 1 N–H and O–H groups in total. The molecule has 1 atom stereocenters. The van der Waals surface area contributed by atoms with E-state index in [0.717, 1.165) is 57.4 Å². The van der Waals surface area contributed by atoms with E-state index in [1.807, 2.05) is 12.1 Å². The lowest BCUT2D eigenvalue weighted by molar-refractivity contribution is -0.0328.